The third-order valence-electron chi connectivity index (χ3n) is 5.91. The van der Waals surface area contributed by atoms with Gasteiger partial charge in [-0.05, 0) is 37.3 Å². The summed E-state index contributed by atoms with van der Waals surface area (Å²) in [7, 11) is 0. The fourth-order valence-electron chi connectivity index (χ4n) is 4.31. The zero-order valence-corrected chi connectivity index (χ0v) is 18.9. The molecular weight excluding hydrogens is 448 g/mol. The van der Waals surface area contributed by atoms with E-state index in [1.165, 1.54) is 0 Å². The fraction of sp³-hybridized carbons (Fsp3) is 0.0769. The van der Waals surface area contributed by atoms with Gasteiger partial charge in [-0.3, -0.25) is 14.4 Å². The highest BCUT2D eigenvalue weighted by atomic mass is 35.5. The van der Waals surface area contributed by atoms with Gasteiger partial charge in [0.15, 0.2) is 12.0 Å². The summed E-state index contributed by atoms with van der Waals surface area (Å²) in [6.07, 6.45) is -0.752. The van der Waals surface area contributed by atoms with Gasteiger partial charge in [-0.25, -0.2) is 0 Å². The number of hydrogen-bond acceptors (Lipinski definition) is 4. The first-order chi connectivity index (χ1) is 16.6. The van der Waals surface area contributed by atoms with Crippen molar-refractivity contribution < 1.29 is 4.79 Å². The van der Waals surface area contributed by atoms with Crippen LogP contribution in [-0.2, 0) is 0 Å². The van der Waals surface area contributed by atoms with E-state index in [9.17, 15) is 4.79 Å². The minimum Gasteiger partial charge on any atom is -0.351 e. The van der Waals surface area contributed by atoms with Gasteiger partial charge in [0.2, 0.25) is 0 Å². The van der Waals surface area contributed by atoms with Gasteiger partial charge in [-0.2, -0.15) is 0 Å². The predicted molar refractivity (Wildman–Crippen MR) is 132 cm³/mol. The second-order valence-corrected chi connectivity index (χ2v) is 8.53. The second-order valence-electron chi connectivity index (χ2n) is 8.09. The summed E-state index contributed by atoms with van der Waals surface area (Å²) in [5.74, 6) is 0.969. The molecule has 0 radical (unpaired) electrons. The van der Waals surface area contributed by atoms with Crippen LogP contribution < -0.4 is 5.32 Å². The SMILES string of the molecule is Cc1nnc2n1-c1ccccc1C(c1ccc(Cl)cc1)=NC2NC(=O)c1cc2ccccc2[nH]1. The van der Waals surface area contributed by atoms with Crippen molar-refractivity contribution in [1.29, 1.82) is 0 Å². The molecule has 5 aromatic rings. The van der Waals surface area contributed by atoms with Crippen LogP contribution in [-0.4, -0.2) is 31.4 Å². The van der Waals surface area contributed by atoms with Crippen LogP contribution in [0.5, 0.6) is 0 Å². The van der Waals surface area contributed by atoms with E-state index in [2.05, 4.69) is 20.5 Å². The lowest BCUT2D eigenvalue weighted by Gasteiger charge is -2.14. The van der Waals surface area contributed by atoms with Gasteiger partial charge in [0.1, 0.15) is 11.5 Å². The molecule has 3 aromatic carbocycles. The topological polar surface area (TPSA) is 88.0 Å². The van der Waals surface area contributed by atoms with Gasteiger partial charge in [-0.1, -0.05) is 60.1 Å². The number of carbonyl (C=O) groups is 1. The first-order valence-electron chi connectivity index (χ1n) is 10.8. The van der Waals surface area contributed by atoms with Crippen molar-refractivity contribution in [3.8, 4) is 5.69 Å². The molecule has 3 heterocycles. The standard InChI is InChI=1S/C26H19ClN6O/c1-15-31-32-25-24(30-26(34)21-14-17-6-2-4-8-20(17)28-21)29-23(16-10-12-18(27)13-11-16)19-7-3-5-9-22(19)33(15)25/h2-14,24,28H,1H3,(H,30,34). The molecule has 166 valence electrons. The Kier molecular flexibility index (Phi) is 4.78. The Labute approximate surface area is 200 Å². The number of rotatable bonds is 3. The van der Waals surface area contributed by atoms with Crippen molar-refractivity contribution in [2.75, 3.05) is 0 Å². The molecule has 0 spiro atoms. The largest absolute Gasteiger partial charge is 0.351 e. The third kappa shape index (κ3) is 3.38. The number of nitrogens with one attached hydrogen (secondary N) is 2. The minimum atomic E-state index is -0.752. The van der Waals surface area contributed by atoms with E-state index in [1.807, 2.05) is 90.4 Å². The molecule has 1 amide bonds. The molecule has 0 bridgehead atoms. The second kappa shape index (κ2) is 7.97. The maximum Gasteiger partial charge on any atom is 0.269 e. The number of fused-ring (bicyclic) bond motifs is 4. The van der Waals surface area contributed by atoms with Crippen LogP contribution in [0, 0.1) is 6.92 Å². The molecule has 1 aliphatic heterocycles. The van der Waals surface area contributed by atoms with E-state index >= 15 is 0 Å². The van der Waals surface area contributed by atoms with E-state index in [4.69, 9.17) is 16.6 Å². The molecule has 1 atom stereocenters. The number of nitrogens with zero attached hydrogens (tertiary/aromatic N) is 4. The van der Waals surface area contributed by atoms with E-state index in [1.54, 1.807) is 0 Å². The zero-order valence-electron chi connectivity index (χ0n) is 18.2. The molecule has 34 heavy (non-hydrogen) atoms. The minimum absolute atomic E-state index is 0.279. The predicted octanol–water partition coefficient (Wildman–Crippen LogP) is 4.99. The molecule has 2 N–H and O–H groups in total. The van der Waals surface area contributed by atoms with Gasteiger partial charge in [0, 0.05) is 27.1 Å². The van der Waals surface area contributed by atoms with Gasteiger partial charge >= 0.3 is 0 Å². The number of benzene rings is 3. The number of H-pyrrole nitrogens is 1. The first kappa shape index (κ1) is 20.4. The highest BCUT2D eigenvalue weighted by Gasteiger charge is 2.29. The van der Waals surface area contributed by atoms with Crippen molar-refractivity contribution in [3.63, 3.8) is 0 Å². The lowest BCUT2D eigenvalue weighted by Crippen LogP contribution is -2.29. The lowest BCUT2D eigenvalue weighted by molar-refractivity contribution is 0.0932. The van der Waals surface area contributed by atoms with E-state index < -0.39 is 6.17 Å². The molecular formula is C26H19ClN6O. The van der Waals surface area contributed by atoms with Gasteiger partial charge < -0.3 is 10.3 Å². The Morgan fingerprint density at radius 3 is 2.59 bits per heavy atom. The zero-order chi connectivity index (χ0) is 23.2. The number of aromatic amines is 1. The number of hydrogen-bond donors (Lipinski definition) is 2. The molecule has 0 aliphatic carbocycles. The molecule has 8 heteroatoms. The number of halogens is 1. The summed E-state index contributed by atoms with van der Waals surface area (Å²) in [6.45, 7) is 1.89. The van der Waals surface area contributed by atoms with Crippen LogP contribution >= 0.6 is 11.6 Å². The number of aromatic nitrogens is 4. The highest BCUT2D eigenvalue weighted by molar-refractivity contribution is 6.30. The Balaban J connectivity index is 1.49. The van der Waals surface area contributed by atoms with Gasteiger partial charge in [0.25, 0.3) is 5.91 Å². The normalized spacial score (nSPS) is 14.8. The van der Waals surface area contributed by atoms with Crippen LogP contribution in [0.2, 0.25) is 5.02 Å². The highest BCUT2D eigenvalue weighted by Crippen LogP contribution is 2.30. The number of aryl methyl sites for hydroxylation is 1. The molecule has 7 nitrogen and oxygen atoms in total. The van der Waals surface area contributed by atoms with Crippen molar-refractivity contribution in [2.45, 2.75) is 13.1 Å². The van der Waals surface area contributed by atoms with Crippen molar-refractivity contribution in [2.24, 2.45) is 4.99 Å². The lowest BCUT2D eigenvalue weighted by atomic mass is 10.0. The summed E-state index contributed by atoms with van der Waals surface area (Å²) in [4.78, 5) is 21.5. The van der Waals surface area contributed by atoms with Crippen LogP contribution in [0.3, 0.4) is 0 Å². The summed E-state index contributed by atoms with van der Waals surface area (Å²) in [6, 6.07) is 25.0. The van der Waals surface area contributed by atoms with Crippen molar-refractivity contribution in [1.82, 2.24) is 25.1 Å². The number of para-hydroxylation sites is 2. The van der Waals surface area contributed by atoms with Crippen LogP contribution in [0.25, 0.3) is 16.6 Å². The van der Waals surface area contributed by atoms with Crippen LogP contribution in [0.4, 0.5) is 0 Å². The van der Waals surface area contributed by atoms with E-state index in [0.717, 1.165) is 33.4 Å². The van der Waals surface area contributed by atoms with E-state index in [-0.39, 0.29) is 5.91 Å². The number of carbonyl (C=O) groups excluding carboxylic acids is 1. The monoisotopic (exact) mass is 466 g/mol. The Hall–Kier alpha value is -4.23. The Morgan fingerprint density at radius 1 is 1.00 bits per heavy atom. The molecule has 0 saturated heterocycles. The summed E-state index contributed by atoms with van der Waals surface area (Å²) < 4.78 is 1.94. The van der Waals surface area contributed by atoms with Crippen LogP contribution in [0.1, 0.15) is 39.4 Å². The molecule has 0 fully saturated rings. The molecule has 1 unspecified atom stereocenters. The number of amides is 1. The average molecular weight is 467 g/mol. The average Bonchev–Trinajstić information content (AvgIpc) is 3.43. The van der Waals surface area contributed by atoms with Gasteiger partial charge in [-0.15, -0.1) is 10.2 Å². The van der Waals surface area contributed by atoms with Crippen molar-refractivity contribution >= 4 is 34.1 Å². The maximum atomic E-state index is 13.3. The third-order valence-corrected chi connectivity index (χ3v) is 6.16. The van der Waals surface area contributed by atoms with Crippen molar-refractivity contribution in [3.05, 3.63) is 112 Å². The van der Waals surface area contributed by atoms with Gasteiger partial charge in [0.05, 0.1) is 11.4 Å². The molecule has 2 aromatic heterocycles. The number of aliphatic imine (C=N–C) groups is 1. The first-order valence-corrected chi connectivity index (χ1v) is 11.2. The molecule has 6 rings (SSSR count). The fourth-order valence-corrected chi connectivity index (χ4v) is 4.44. The summed E-state index contributed by atoms with van der Waals surface area (Å²) in [5, 5.41) is 13.3. The quantitative estimate of drug-likeness (QED) is 0.392. The molecule has 0 saturated carbocycles. The maximum absolute atomic E-state index is 13.3. The Morgan fingerprint density at radius 2 is 1.76 bits per heavy atom. The Bertz CT molecular complexity index is 1550. The smallest absolute Gasteiger partial charge is 0.269 e. The summed E-state index contributed by atoms with van der Waals surface area (Å²) >= 11 is 6.14. The summed E-state index contributed by atoms with van der Waals surface area (Å²) in [5.41, 5.74) is 4.78. The van der Waals surface area contributed by atoms with E-state index in [0.29, 0.717) is 22.4 Å². The molecule has 1 aliphatic rings. The van der Waals surface area contributed by atoms with Crippen LogP contribution in [0.15, 0.2) is 83.9 Å².